The highest BCUT2D eigenvalue weighted by atomic mass is 16.3. The number of phenolic OH excluding ortho intramolecular Hbond substituents is 1. The van der Waals surface area contributed by atoms with Crippen molar-refractivity contribution in [1.29, 1.82) is 0 Å². The molecular formula is C56H57N3O. The minimum absolute atomic E-state index is 0.0621. The van der Waals surface area contributed by atoms with Crippen LogP contribution in [0.2, 0.25) is 0 Å². The van der Waals surface area contributed by atoms with Crippen molar-refractivity contribution in [2.75, 3.05) is 0 Å². The van der Waals surface area contributed by atoms with Crippen LogP contribution in [0, 0.1) is 13.8 Å². The number of aromatic nitrogens is 3. The van der Waals surface area contributed by atoms with Crippen LogP contribution in [-0.2, 0) is 16.2 Å². The van der Waals surface area contributed by atoms with Gasteiger partial charge in [-0.05, 0) is 123 Å². The van der Waals surface area contributed by atoms with Crippen molar-refractivity contribution in [3.05, 3.63) is 167 Å². The van der Waals surface area contributed by atoms with E-state index in [1.165, 1.54) is 24.4 Å². The van der Waals surface area contributed by atoms with Crippen LogP contribution in [0.5, 0.6) is 5.75 Å². The lowest BCUT2D eigenvalue weighted by Crippen LogP contribution is -2.13. The molecule has 2 aromatic heterocycles. The third-order valence-electron chi connectivity index (χ3n) is 10.9. The number of aromatic hydroxyl groups is 1. The van der Waals surface area contributed by atoms with E-state index in [0.717, 1.165) is 11.1 Å². The molecule has 0 amide bonds. The predicted octanol–water partition coefficient (Wildman–Crippen LogP) is 15.0. The molecule has 0 bridgehead atoms. The maximum atomic E-state index is 12.1. The maximum absolute atomic E-state index is 12.1. The molecule has 2 heterocycles. The molecule has 0 aliphatic rings. The molecule has 4 nitrogen and oxygen atoms in total. The quantitative estimate of drug-likeness (QED) is 0.182. The van der Waals surface area contributed by atoms with Gasteiger partial charge in [-0.1, -0.05) is 152 Å². The van der Waals surface area contributed by atoms with Crippen LogP contribution in [0.1, 0.15) is 112 Å². The van der Waals surface area contributed by atoms with Gasteiger partial charge in [-0.3, -0.25) is 9.55 Å². The monoisotopic (exact) mass is 804 g/mol. The van der Waals surface area contributed by atoms with Crippen LogP contribution < -0.4 is 0 Å². The number of aryl methyl sites for hydroxylation is 1. The van der Waals surface area contributed by atoms with Crippen LogP contribution in [0.15, 0.2) is 140 Å². The molecule has 4 heteroatoms. The molecule has 0 unspecified atom stereocenters. The third-order valence-corrected chi connectivity index (χ3v) is 10.9. The highest BCUT2D eigenvalue weighted by molar-refractivity contribution is 5.98. The molecule has 8 aromatic rings. The second-order valence-electron chi connectivity index (χ2n) is 17.5. The summed E-state index contributed by atoms with van der Waals surface area (Å²) in [6, 6.07) is 29.0. The van der Waals surface area contributed by atoms with Gasteiger partial charge in [0.15, 0.2) is 0 Å². The van der Waals surface area contributed by atoms with Gasteiger partial charge >= 0.3 is 0 Å². The molecule has 8 rings (SSSR count). The number of fused-ring (bicyclic) bond motifs is 1. The zero-order valence-corrected chi connectivity index (χ0v) is 34.8. The number of hydrogen-bond donors (Lipinski definition) is 1. The fourth-order valence-corrected chi connectivity index (χ4v) is 7.52. The van der Waals surface area contributed by atoms with E-state index in [4.69, 9.17) is 31.9 Å². The molecule has 0 aliphatic heterocycles. The number of hydrogen-bond acceptors (Lipinski definition) is 3. The Kier molecular flexibility index (Phi) is 6.38. The summed E-state index contributed by atoms with van der Waals surface area (Å²) in [5.41, 5.74) is 2.07. The molecular weight excluding hydrogens is 731 g/mol. The largest absolute Gasteiger partial charge is 0.507 e. The Labute approximate surface area is 379 Å². The second-order valence-corrected chi connectivity index (χ2v) is 17.5. The van der Waals surface area contributed by atoms with E-state index in [1.807, 2.05) is 94.6 Å². The summed E-state index contributed by atoms with van der Waals surface area (Å²) in [6.07, 6.45) is 1.49. The normalized spacial score (nSPS) is 17.1. The van der Waals surface area contributed by atoms with Crippen molar-refractivity contribution in [3.8, 4) is 67.5 Å². The van der Waals surface area contributed by atoms with E-state index < -0.39 is 78.9 Å². The Morgan fingerprint density at radius 2 is 1.28 bits per heavy atom. The average molecular weight is 804 g/mol. The Balaban J connectivity index is 1.46. The van der Waals surface area contributed by atoms with Crippen molar-refractivity contribution < 1.29 is 27.0 Å². The number of imidazole rings is 1. The number of benzene rings is 6. The van der Waals surface area contributed by atoms with Crippen LogP contribution in [0.4, 0.5) is 0 Å². The first-order valence-electron chi connectivity index (χ1n) is 27.8. The lowest BCUT2D eigenvalue weighted by molar-refractivity contribution is 0.471. The lowest BCUT2D eigenvalue weighted by atomic mass is 9.83. The van der Waals surface area contributed by atoms with Crippen molar-refractivity contribution in [3.63, 3.8) is 0 Å². The third kappa shape index (κ3) is 7.79. The minimum atomic E-state index is -3.53. The molecule has 0 saturated heterocycles. The summed E-state index contributed by atoms with van der Waals surface area (Å²) >= 11 is 0. The Bertz CT molecular complexity index is 3510. The fraction of sp³-hybridized carbons (Fsp3) is 0.250. The van der Waals surface area contributed by atoms with E-state index in [9.17, 15) is 5.11 Å². The molecule has 1 N–H and O–H groups in total. The molecule has 0 fully saturated rings. The molecule has 0 spiro atoms. The van der Waals surface area contributed by atoms with Gasteiger partial charge < -0.3 is 5.11 Å². The summed E-state index contributed by atoms with van der Waals surface area (Å²) in [5, 5.41) is 12.1. The minimum Gasteiger partial charge on any atom is -0.507 e. The zero-order valence-electron chi connectivity index (χ0n) is 50.8. The van der Waals surface area contributed by atoms with Crippen LogP contribution >= 0.6 is 0 Å². The van der Waals surface area contributed by atoms with Gasteiger partial charge in [-0.2, -0.15) is 0 Å². The van der Waals surface area contributed by atoms with Crippen LogP contribution in [-0.4, -0.2) is 19.6 Å². The highest BCUT2D eigenvalue weighted by Gasteiger charge is 2.27. The molecule has 0 radical (unpaired) electrons. The number of rotatable bonds is 6. The van der Waals surface area contributed by atoms with E-state index in [-0.39, 0.29) is 28.3 Å². The van der Waals surface area contributed by atoms with Crippen molar-refractivity contribution in [2.45, 2.75) is 92.1 Å². The van der Waals surface area contributed by atoms with Gasteiger partial charge in [0.25, 0.3) is 0 Å². The van der Waals surface area contributed by atoms with E-state index in [1.54, 1.807) is 49.4 Å². The number of para-hydroxylation sites is 1. The van der Waals surface area contributed by atoms with Crippen molar-refractivity contribution >= 4 is 11.0 Å². The Morgan fingerprint density at radius 1 is 0.583 bits per heavy atom. The van der Waals surface area contributed by atoms with Gasteiger partial charge in [0.2, 0.25) is 0 Å². The molecule has 6 aromatic carbocycles. The Hall–Kier alpha value is -6.26. The molecule has 0 atom stereocenters. The molecule has 60 heavy (non-hydrogen) atoms. The predicted molar refractivity (Wildman–Crippen MR) is 253 cm³/mol. The summed E-state index contributed by atoms with van der Waals surface area (Å²) in [7, 11) is 0. The van der Waals surface area contributed by atoms with Gasteiger partial charge in [0.1, 0.15) is 11.6 Å². The smallest absolute Gasteiger partial charge is 0.149 e. The molecule has 0 aliphatic carbocycles. The van der Waals surface area contributed by atoms with E-state index in [2.05, 4.69) is 0 Å². The number of pyridine rings is 1. The number of nitrogens with zero attached hydrogens (tertiary/aromatic N) is 3. The Morgan fingerprint density at radius 3 is 1.98 bits per heavy atom. The van der Waals surface area contributed by atoms with Crippen molar-refractivity contribution in [2.24, 2.45) is 0 Å². The first kappa shape index (κ1) is 25.4. The van der Waals surface area contributed by atoms with Crippen LogP contribution in [0.3, 0.4) is 0 Å². The fourth-order valence-electron chi connectivity index (χ4n) is 7.52. The van der Waals surface area contributed by atoms with Gasteiger partial charge in [0, 0.05) is 39.3 Å². The van der Waals surface area contributed by atoms with Gasteiger partial charge in [-0.15, -0.1) is 0 Å². The topological polar surface area (TPSA) is 50.9 Å². The SMILES string of the molecule is [2H]c1c([2H])c(C([2H])([2H])[2H])c([2H])c([2H])c1-c1ccnc(-c2cc(-c3cccc4c3nc(-c3cc(C(C)(C)C)cc(C)c3O)n4-c3ccc(C(C([2H])([2H])[2H])(C([2H])([2H])[2H])C([2H])([2H])[2H])cc3-c3ccccc3)cc(C(C)(C)C)c2)c1. The van der Waals surface area contributed by atoms with Gasteiger partial charge in [0.05, 0.1) is 33.5 Å². The average Bonchev–Trinajstić information content (AvgIpc) is 3.69. The zero-order chi connectivity index (χ0) is 56.2. The first-order chi connectivity index (χ1) is 35.0. The summed E-state index contributed by atoms with van der Waals surface area (Å²) in [5.74, 6) is 0.201. The molecule has 302 valence electrons. The second kappa shape index (κ2) is 15.1. The summed E-state index contributed by atoms with van der Waals surface area (Å²) in [6.45, 7) is 0.572. The van der Waals surface area contributed by atoms with Crippen LogP contribution in [0.25, 0.3) is 72.7 Å². The lowest BCUT2D eigenvalue weighted by Gasteiger charge is -2.24. The van der Waals surface area contributed by atoms with E-state index in [0.29, 0.717) is 55.8 Å². The first-order valence-corrected chi connectivity index (χ1v) is 19.8. The number of phenols is 1. The van der Waals surface area contributed by atoms with Gasteiger partial charge in [-0.25, -0.2) is 4.98 Å². The van der Waals surface area contributed by atoms with E-state index >= 15 is 0 Å². The maximum Gasteiger partial charge on any atom is 0.149 e. The standard InChI is InChI=1S/C56H57N3O/c1-35-20-22-37(23-21-35)39-26-27-57-48(32-39)41-29-40(30-44(31-41)56(9,10)11)45-18-15-19-50-51(45)58-53(47-34-43(55(6,7)8)28-36(2)52(47)60)59(50)49-25-24-42(54(3,4)5)33-46(49)38-16-13-12-14-17-38/h12-34,60H,1-11H3/i1D3,3D3,4D3,5D3,20D,21D,22D,23D. The highest BCUT2D eigenvalue weighted by Crippen LogP contribution is 2.44. The van der Waals surface area contributed by atoms with Crippen molar-refractivity contribution in [1.82, 2.24) is 14.5 Å². The summed E-state index contributed by atoms with van der Waals surface area (Å²) in [4.78, 5) is 10.1. The molecule has 0 saturated carbocycles. The summed E-state index contributed by atoms with van der Waals surface area (Å²) < 4.78 is 138.